The fraction of sp³-hybridized carbons (Fsp3) is 0.571. The summed E-state index contributed by atoms with van der Waals surface area (Å²) in [4.78, 5) is 0. The van der Waals surface area contributed by atoms with Crippen LogP contribution in [-0.4, -0.2) is 18.3 Å². The van der Waals surface area contributed by atoms with Gasteiger partial charge in [0.2, 0.25) is 0 Å². The van der Waals surface area contributed by atoms with Crippen LogP contribution < -0.4 is 10.5 Å². The minimum Gasteiger partial charge on any atom is -0.504 e. The third-order valence-corrected chi connectivity index (χ3v) is 3.71. The molecule has 0 aliphatic heterocycles. The SMILES string of the molecule is COc1cc(C[C@@H]2CCCC[C@H]2N)ccc1O. The monoisotopic (exact) mass is 235 g/mol. The van der Waals surface area contributed by atoms with Gasteiger partial charge in [-0.05, 0) is 42.9 Å². The Morgan fingerprint density at radius 1 is 1.35 bits per heavy atom. The summed E-state index contributed by atoms with van der Waals surface area (Å²) in [7, 11) is 1.57. The Kier molecular flexibility index (Phi) is 3.89. The molecule has 2 rings (SSSR count). The Balaban J connectivity index is 2.07. The van der Waals surface area contributed by atoms with Crippen LogP contribution in [-0.2, 0) is 6.42 Å². The number of rotatable bonds is 3. The Morgan fingerprint density at radius 2 is 2.12 bits per heavy atom. The summed E-state index contributed by atoms with van der Waals surface area (Å²) in [5, 5.41) is 9.54. The van der Waals surface area contributed by atoms with Crippen LogP contribution in [0.5, 0.6) is 11.5 Å². The van der Waals surface area contributed by atoms with Crippen molar-refractivity contribution in [2.75, 3.05) is 7.11 Å². The second-order valence-electron chi connectivity index (χ2n) is 4.92. The van der Waals surface area contributed by atoms with Crippen molar-refractivity contribution in [2.24, 2.45) is 11.7 Å². The molecule has 0 bridgehead atoms. The van der Waals surface area contributed by atoms with E-state index in [1.54, 1.807) is 13.2 Å². The van der Waals surface area contributed by atoms with E-state index >= 15 is 0 Å². The molecule has 1 aromatic rings. The molecule has 1 saturated carbocycles. The van der Waals surface area contributed by atoms with Gasteiger partial charge < -0.3 is 15.6 Å². The fourth-order valence-corrected chi connectivity index (χ4v) is 2.64. The number of phenolic OH excluding ortho intramolecular Hbond substituents is 1. The number of nitrogens with two attached hydrogens (primary N) is 1. The van der Waals surface area contributed by atoms with E-state index in [2.05, 4.69) is 0 Å². The maximum atomic E-state index is 9.54. The number of hydrogen-bond acceptors (Lipinski definition) is 3. The molecule has 3 heteroatoms. The fourth-order valence-electron chi connectivity index (χ4n) is 2.64. The van der Waals surface area contributed by atoms with Crippen LogP contribution in [0.15, 0.2) is 18.2 Å². The van der Waals surface area contributed by atoms with E-state index in [1.165, 1.54) is 24.8 Å². The third kappa shape index (κ3) is 2.91. The molecule has 1 aliphatic carbocycles. The smallest absolute Gasteiger partial charge is 0.160 e. The first-order valence-corrected chi connectivity index (χ1v) is 6.32. The topological polar surface area (TPSA) is 55.5 Å². The van der Waals surface area contributed by atoms with Gasteiger partial charge in [-0.3, -0.25) is 0 Å². The third-order valence-electron chi connectivity index (χ3n) is 3.71. The zero-order valence-corrected chi connectivity index (χ0v) is 10.4. The van der Waals surface area contributed by atoms with E-state index in [1.807, 2.05) is 12.1 Å². The number of phenols is 1. The molecule has 3 nitrogen and oxygen atoms in total. The predicted octanol–water partition coefficient (Wildman–Crippen LogP) is 2.46. The molecule has 1 aliphatic rings. The number of benzene rings is 1. The molecule has 1 aromatic carbocycles. The van der Waals surface area contributed by atoms with Crippen molar-refractivity contribution in [2.45, 2.75) is 38.1 Å². The molecule has 0 spiro atoms. The van der Waals surface area contributed by atoms with Gasteiger partial charge in [0, 0.05) is 6.04 Å². The minimum atomic E-state index is 0.198. The van der Waals surface area contributed by atoms with Crippen molar-refractivity contribution in [1.82, 2.24) is 0 Å². The standard InChI is InChI=1S/C14H21NO2/c1-17-14-9-10(6-7-13(14)16)8-11-4-2-3-5-12(11)15/h6-7,9,11-12,16H,2-5,8,15H2,1H3/t11-,12+/m0/s1. The van der Waals surface area contributed by atoms with Crippen molar-refractivity contribution >= 4 is 0 Å². The van der Waals surface area contributed by atoms with Gasteiger partial charge in [0.15, 0.2) is 11.5 Å². The zero-order valence-electron chi connectivity index (χ0n) is 10.4. The molecular weight excluding hydrogens is 214 g/mol. The largest absolute Gasteiger partial charge is 0.504 e. The lowest BCUT2D eigenvalue weighted by Crippen LogP contribution is -2.34. The van der Waals surface area contributed by atoms with Crippen LogP contribution in [0.3, 0.4) is 0 Å². The van der Waals surface area contributed by atoms with Gasteiger partial charge >= 0.3 is 0 Å². The molecule has 2 atom stereocenters. The number of hydrogen-bond donors (Lipinski definition) is 2. The number of ether oxygens (including phenoxy) is 1. The lowest BCUT2D eigenvalue weighted by molar-refractivity contribution is 0.305. The lowest BCUT2D eigenvalue weighted by Gasteiger charge is -2.28. The average Bonchev–Trinajstić information content (AvgIpc) is 2.34. The van der Waals surface area contributed by atoms with Gasteiger partial charge in [-0.2, -0.15) is 0 Å². The minimum absolute atomic E-state index is 0.198. The highest BCUT2D eigenvalue weighted by atomic mass is 16.5. The average molecular weight is 235 g/mol. The van der Waals surface area contributed by atoms with E-state index in [4.69, 9.17) is 10.5 Å². The van der Waals surface area contributed by atoms with Crippen molar-refractivity contribution in [1.29, 1.82) is 0 Å². The van der Waals surface area contributed by atoms with Crippen molar-refractivity contribution < 1.29 is 9.84 Å². The van der Waals surface area contributed by atoms with Gasteiger partial charge in [-0.15, -0.1) is 0 Å². The van der Waals surface area contributed by atoms with E-state index in [9.17, 15) is 5.11 Å². The quantitative estimate of drug-likeness (QED) is 0.846. The highest BCUT2D eigenvalue weighted by Gasteiger charge is 2.22. The van der Waals surface area contributed by atoms with Crippen LogP contribution in [0.2, 0.25) is 0 Å². The summed E-state index contributed by atoms with van der Waals surface area (Å²) < 4.78 is 5.12. The molecule has 0 radical (unpaired) electrons. The first-order chi connectivity index (χ1) is 8.20. The van der Waals surface area contributed by atoms with Gasteiger partial charge in [0.25, 0.3) is 0 Å². The summed E-state index contributed by atoms with van der Waals surface area (Å²) in [6.45, 7) is 0. The Hall–Kier alpha value is -1.22. The lowest BCUT2D eigenvalue weighted by atomic mass is 9.81. The second-order valence-corrected chi connectivity index (χ2v) is 4.92. The normalized spacial score (nSPS) is 24.6. The molecular formula is C14H21NO2. The molecule has 0 amide bonds. The summed E-state index contributed by atoms with van der Waals surface area (Å²) in [5.74, 6) is 1.31. The van der Waals surface area contributed by atoms with Crippen LogP contribution in [0.4, 0.5) is 0 Å². The second kappa shape index (κ2) is 5.41. The summed E-state index contributed by atoms with van der Waals surface area (Å²) >= 11 is 0. The zero-order chi connectivity index (χ0) is 12.3. The number of aromatic hydroxyl groups is 1. The molecule has 0 aromatic heterocycles. The Labute approximate surface area is 103 Å². The maximum absolute atomic E-state index is 9.54. The van der Waals surface area contributed by atoms with Gasteiger partial charge in [-0.1, -0.05) is 18.9 Å². The Morgan fingerprint density at radius 3 is 2.82 bits per heavy atom. The molecule has 94 valence electrons. The van der Waals surface area contributed by atoms with Gasteiger partial charge in [0.1, 0.15) is 0 Å². The summed E-state index contributed by atoms with van der Waals surface area (Å²) in [5.41, 5.74) is 7.34. The highest BCUT2D eigenvalue weighted by molar-refractivity contribution is 5.41. The van der Waals surface area contributed by atoms with Crippen LogP contribution in [0.1, 0.15) is 31.2 Å². The molecule has 1 fully saturated rings. The number of methoxy groups -OCH3 is 1. The van der Waals surface area contributed by atoms with Crippen LogP contribution in [0.25, 0.3) is 0 Å². The first-order valence-electron chi connectivity index (χ1n) is 6.32. The van der Waals surface area contributed by atoms with Crippen molar-refractivity contribution in [3.63, 3.8) is 0 Å². The van der Waals surface area contributed by atoms with Gasteiger partial charge in [-0.25, -0.2) is 0 Å². The van der Waals surface area contributed by atoms with Crippen LogP contribution >= 0.6 is 0 Å². The summed E-state index contributed by atoms with van der Waals surface area (Å²) in [6.07, 6.45) is 5.88. The summed E-state index contributed by atoms with van der Waals surface area (Å²) in [6, 6.07) is 5.89. The Bertz CT molecular complexity index is 378. The van der Waals surface area contributed by atoms with E-state index in [-0.39, 0.29) is 5.75 Å². The first kappa shape index (κ1) is 12.2. The molecule has 3 N–H and O–H groups in total. The van der Waals surface area contributed by atoms with Gasteiger partial charge in [0.05, 0.1) is 7.11 Å². The molecule has 0 saturated heterocycles. The van der Waals surface area contributed by atoms with Crippen molar-refractivity contribution in [3.05, 3.63) is 23.8 Å². The molecule has 0 unspecified atom stereocenters. The van der Waals surface area contributed by atoms with Crippen LogP contribution in [0, 0.1) is 5.92 Å². The molecule has 0 heterocycles. The highest BCUT2D eigenvalue weighted by Crippen LogP contribution is 2.30. The van der Waals surface area contributed by atoms with E-state index in [0.717, 1.165) is 12.8 Å². The molecule has 17 heavy (non-hydrogen) atoms. The van der Waals surface area contributed by atoms with Crippen molar-refractivity contribution in [3.8, 4) is 11.5 Å². The van der Waals surface area contributed by atoms with E-state index < -0.39 is 0 Å². The van der Waals surface area contributed by atoms with E-state index in [0.29, 0.717) is 17.7 Å². The predicted molar refractivity (Wildman–Crippen MR) is 68.3 cm³/mol. The maximum Gasteiger partial charge on any atom is 0.160 e.